The summed E-state index contributed by atoms with van der Waals surface area (Å²) in [7, 11) is -3.85. The Kier molecular flexibility index (Phi) is 7.72. The summed E-state index contributed by atoms with van der Waals surface area (Å²) in [4.78, 5) is 13.7. The van der Waals surface area contributed by atoms with Gasteiger partial charge in [0.25, 0.3) is 10.0 Å². The molecule has 1 aliphatic rings. The van der Waals surface area contributed by atoms with E-state index in [2.05, 4.69) is 15.2 Å². The number of aliphatic hydroxyl groups excluding tert-OH is 3. The van der Waals surface area contributed by atoms with Crippen molar-refractivity contribution in [1.82, 2.24) is 10.1 Å². The molecule has 0 unspecified atom stereocenters. The van der Waals surface area contributed by atoms with Crippen molar-refractivity contribution in [3.05, 3.63) is 29.8 Å². The Morgan fingerprint density at radius 2 is 1.90 bits per heavy atom. The predicted octanol–water partition coefficient (Wildman–Crippen LogP) is -0.974. The molecule has 0 bridgehead atoms. The molecule has 0 saturated carbocycles. The van der Waals surface area contributed by atoms with Gasteiger partial charge in [0.2, 0.25) is 5.91 Å². The van der Waals surface area contributed by atoms with E-state index in [0.29, 0.717) is 5.71 Å². The number of benzene rings is 1. The largest absolute Gasteiger partial charge is 0.394 e. The van der Waals surface area contributed by atoms with E-state index in [1.165, 1.54) is 19.1 Å². The number of aliphatic hydroxyl groups is 3. The lowest BCUT2D eigenvalue weighted by Crippen LogP contribution is -2.49. The van der Waals surface area contributed by atoms with Crippen LogP contribution in [0, 0.1) is 6.92 Å². The minimum absolute atomic E-state index is 0.0643. The summed E-state index contributed by atoms with van der Waals surface area (Å²) in [5, 5.41) is 35.7. The zero-order chi connectivity index (χ0) is 21.8. The van der Waals surface area contributed by atoms with Crippen molar-refractivity contribution in [3.63, 3.8) is 0 Å². The van der Waals surface area contributed by atoms with E-state index in [0.717, 1.165) is 5.56 Å². The Morgan fingerprint density at radius 3 is 2.45 bits per heavy atom. The molecule has 5 N–H and O–H groups in total. The second kappa shape index (κ2) is 9.63. The Hall–Kier alpha value is -2.05. The van der Waals surface area contributed by atoms with Crippen molar-refractivity contribution in [2.45, 2.75) is 62.5 Å². The highest BCUT2D eigenvalue weighted by Gasteiger charge is 2.46. The number of amides is 1. The van der Waals surface area contributed by atoms with Crippen molar-refractivity contribution in [3.8, 4) is 0 Å². The third-order valence-electron chi connectivity index (χ3n) is 4.56. The van der Waals surface area contributed by atoms with Crippen LogP contribution in [0.2, 0.25) is 0 Å². The third-order valence-corrected chi connectivity index (χ3v) is 5.78. The quantitative estimate of drug-likeness (QED) is 0.263. The predicted molar refractivity (Wildman–Crippen MR) is 105 cm³/mol. The molecule has 5 atom stereocenters. The minimum Gasteiger partial charge on any atom is -0.394 e. The molecule has 2 rings (SSSR count). The highest BCUT2D eigenvalue weighted by Crippen LogP contribution is 2.26. The number of hydrazone groups is 1. The Balaban J connectivity index is 2.10. The van der Waals surface area contributed by atoms with E-state index >= 15 is 0 Å². The zero-order valence-electron chi connectivity index (χ0n) is 16.4. The lowest BCUT2D eigenvalue weighted by molar-refractivity contribution is -0.120. The molecule has 29 heavy (non-hydrogen) atoms. The van der Waals surface area contributed by atoms with Crippen LogP contribution in [-0.4, -0.2) is 72.4 Å². The molecule has 1 aromatic carbocycles. The topological polar surface area (TPSA) is 158 Å². The van der Waals surface area contributed by atoms with Gasteiger partial charge in [-0.2, -0.15) is 13.5 Å². The maximum atomic E-state index is 12.3. The van der Waals surface area contributed by atoms with Gasteiger partial charge in [-0.15, -0.1) is 0 Å². The summed E-state index contributed by atoms with van der Waals surface area (Å²) in [5.41, 5.74) is 1.26. The van der Waals surface area contributed by atoms with Crippen LogP contribution in [0.3, 0.4) is 0 Å². The van der Waals surface area contributed by atoms with E-state index in [-0.39, 0.29) is 11.3 Å². The van der Waals surface area contributed by atoms with Crippen LogP contribution in [0.15, 0.2) is 34.3 Å². The molecule has 0 aliphatic carbocycles. The Labute approximate surface area is 169 Å². The van der Waals surface area contributed by atoms with Gasteiger partial charge in [0.15, 0.2) is 0 Å². The van der Waals surface area contributed by atoms with Gasteiger partial charge >= 0.3 is 0 Å². The van der Waals surface area contributed by atoms with Gasteiger partial charge in [-0.05, 0) is 26.0 Å². The number of sulfonamides is 1. The summed E-state index contributed by atoms with van der Waals surface area (Å²) in [6.45, 7) is 4.06. The molecule has 1 aromatic rings. The second-order valence-electron chi connectivity index (χ2n) is 7.06. The summed E-state index contributed by atoms with van der Waals surface area (Å²) < 4.78 is 30.2. The van der Waals surface area contributed by atoms with Gasteiger partial charge in [-0.25, -0.2) is 4.83 Å². The highest BCUT2D eigenvalue weighted by atomic mass is 32.2. The fourth-order valence-corrected chi connectivity index (χ4v) is 3.92. The average molecular weight is 429 g/mol. The Bertz CT molecular complexity index is 842. The van der Waals surface area contributed by atoms with Gasteiger partial charge in [0, 0.05) is 19.1 Å². The molecule has 1 aliphatic heterocycles. The molecule has 1 fully saturated rings. The first-order valence-electron chi connectivity index (χ1n) is 9.06. The van der Waals surface area contributed by atoms with Crippen LogP contribution in [0.4, 0.5) is 0 Å². The number of hydrogen-bond acceptors (Lipinski definition) is 8. The van der Waals surface area contributed by atoms with E-state index in [1.807, 2.05) is 6.92 Å². The fourth-order valence-electron chi connectivity index (χ4n) is 3.05. The van der Waals surface area contributed by atoms with Gasteiger partial charge < -0.3 is 25.4 Å². The van der Waals surface area contributed by atoms with E-state index in [9.17, 15) is 23.4 Å². The number of carbonyl (C=O) groups excluding carboxylic acids is 1. The Morgan fingerprint density at radius 1 is 1.28 bits per heavy atom. The number of aryl methyl sites for hydroxylation is 1. The smallest absolute Gasteiger partial charge is 0.276 e. The molecule has 11 heteroatoms. The fraction of sp³-hybridized carbons (Fsp3) is 0.556. The molecule has 0 aromatic heterocycles. The van der Waals surface area contributed by atoms with Gasteiger partial charge in [0.1, 0.15) is 18.3 Å². The molecule has 1 saturated heterocycles. The number of carbonyl (C=O) groups is 1. The minimum atomic E-state index is -3.85. The van der Waals surface area contributed by atoms with Crippen LogP contribution >= 0.6 is 0 Å². The summed E-state index contributed by atoms with van der Waals surface area (Å²) in [6, 6.07) is 5.42. The standard InChI is InChI=1S/C18H27N3O7S/c1-10-4-6-13(7-5-10)29(26,27)21-20-11(2)8-15-16(19-12(3)23)17(25)18(28-15)14(24)9-22/h4-7,14-18,21-22,24-25H,8-9H2,1-3H3,(H,19,23)/b20-11+/t14-,15-,16-,17-,18-/m1/s1. The maximum Gasteiger partial charge on any atom is 0.276 e. The molecule has 0 spiro atoms. The second-order valence-corrected chi connectivity index (χ2v) is 8.73. The van der Waals surface area contributed by atoms with Crippen LogP contribution in [-0.2, 0) is 19.6 Å². The lowest BCUT2D eigenvalue weighted by Gasteiger charge is -2.21. The van der Waals surface area contributed by atoms with Gasteiger partial charge in [-0.3, -0.25) is 4.79 Å². The number of nitrogens with zero attached hydrogens (tertiary/aromatic N) is 1. The third kappa shape index (κ3) is 5.97. The molecule has 10 nitrogen and oxygen atoms in total. The van der Waals surface area contributed by atoms with Crippen LogP contribution < -0.4 is 10.1 Å². The average Bonchev–Trinajstić information content (AvgIpc) is 2.95. The van der Waals surface area contributed by atoms with E-state index < -0.39 is 53.0 Å². The van der Waals surface area contributed by atoms with Gasteiger partial charge in [-0.1, -0.05) is 17.7 Å². The van der Waals surface area contributed by atoms with Crippen LogP contribution in [0.1, 0.15) is 25.8 Å². The van der Waals surface area contributed by atoms with Crippen molar-refractivity contribution in [2.75, 3.05) is 6.61 Å². The van der Waals surface area contributed by atoms with E-state index in [4.69, 9.17) is 9.84 Å². The van der Waals surface area contributed by atoms with Crippen molar-refractivity contribution in [1.29, 1.82) is 0 Å². The number of nitrogens with one attached hydrogen (secondary N) is 2. The monoisotopic (exact) mass is 429 g/mol. The molecular formula is C18H27N3O7S. The zero-order valence-corrected chi connectivity index (χ0v) is 17.3. The molecular weight excluding hydrogens is 402 g/mol. The van der Waals surface area contributed by atoms with Crippen molar-refractivity contribution >= 4 is 21.6 Å². The SMILES string of the molecule is CC(=O)N[C@H]1[C@@H](O)[C@@H]([C@H](O)CO)O[C@@H]1C/C(C)=N/NS(=O)(=O)c1ccc(C)cc1. The molecule has 162 valence electrons. The summed E-state index contributed by atoms with van der Waals surface area (Å²) in [5.74, 6) is -0.406. The molecule has 1 amide bonds. The first kappa shape index (κ1) is 23.2. The molecule has 1 heterocycles. The van der Waals surface area contributed by atoms with Crippen LogP contribution in [0.25, 0.3) is 0 Å². The highest BCUT2D eigenvalue weighted by molar-refractivity contribution is 7.89. The first-order chi connectivity index (χ1) is 13.5. The molecule has 0 radical (unpaired) electrons. The van der Waals surface area contributed by atoms with E-state index in [1.54, 1.807) is 19.1 Å². The number of ether oxygens (including phenoxy) is 1. The number of hydrogen-bond donors (Lipinski definition) is 5. The summed E-state index contributed by atoms with van der Waals surface area (Å²) in [6.07, 6.45) is -4.37. The lowest BCUT2D eigenvalue weighted by atomic mass is 9.99. The summed E-state index contributed by atoms with van der Waals surface area (Å²) >= 11 is 0. The number of rotatable bonds is 8. The van der Waals surface area contributed by atoms with Crippen molar-refractivity contribution < 1.29 is 33.3 Å². The first-order valence-corrected chi connectivity index (χ1v) is 10.5. The van der Waals surface area contributed by atoms with Crippen LogP contribution in [0.5, 0.6) is 0 Å². The normalized spacial score (nSPS) is 26.2. The van der Waals surface area contributed by atoms with Crippen molar-refractivity contribution in [2.24, 2.45) is 5.10 Å². The maximum absolute atomic E-state index is 12.3. The van der Waals surface area contributed by atoms with Gasteiger partial charge in [0.05, 0.1) is 23.6 Å².